The van der Waals surface area contributed by atoms with Crippen molar-refractivity contribution in [3.05, 3.63) is 82.8 Å². The Morgan fingerprint density at radius 2 is 1.73 bits per heavy atom. The van der Waals surface area contributed by atoms with E-state index >= 15 is 0 Å². The first-order valence-corrected chi connectivity index (χ1v) is 8.70. The van der Waals surface area contributed by atoms with Gasteiger partial charge in [-0.3, -0.25) is 0 Å². The summed E-state index contributed by atoms with van der Waals surface area (Å²) in [4.78, 5) is 9.13. The fourth-order valence-electron chi connectivity index (χ4n) is 3.06. The lowest BCUT2D eigenvalue weighted by Crippen LogP contribution is -2.04. The SMILES string of the molecule is Cc1ccc(Nc2cc(C)nc3nc(Cc4ccccc4)nn23)c(C)c1. The van der Waals surface area contributed by atoms with Gasteiger partial charge in [-0.15, -0.1) is 5.10 Å². The highest BCUT2D eigenvalue weighted by Crippen LogP contribution is 2.22. The Balaban J connectivity index is 1.72. The first-order chi connectivity index (χ1) is 12.6. The van der Waals surface area contributed by atoms with Gasteiger partial charge in [0, 0.05) is 23.9 Å². The Morgan fingerprint density at radius 1 is 0.923 bits per heavy atom. The molecule has 0 aliphatic rings. The van der Waals surface area contributed by atoms with Crippen LogP contribution in [0.1, 0.15) is 28.2 Å². The van der Waals surface area contributed by atoms with Gasteiger partial charge in [0.15, 0.2) is 5.82 Å². The number of nitrogens with one attached hydrogen (secondary N) is 1. The summed E-state index contributed by atoms with van der Waals surface area (Å²) >= 11 is 0. The number of hydrogen-bond donors (Lipinski definition) is 1. The molecule has 0 aliphatic carbocycles. The van der Waals surface area contributed by atoms with E-state index in [-0.39, 0.29) is 0 Å². The van der Waals surface area contributed by atoms with Crippen LogP contribution in [0.4, 0.5) is 11.5 Å². The van der Waals surface area contributed by atoms with Gasteiger partial charge in [-0.05, 0) is 38.0 Å². The van der Waals surface area contributed by atoms with Crippen molar-refractivity contribution in [1.29, 1.82) is 0 Å². The Morgan fingerprint density at radius 3 is 2.50 bits per heavy atom. The van der Waals surface area contributed by atoms with Gasteiger partial charge in [-0.2, -0.15) is 9.50 Å². The molecule has 0 saturated carbocycles. The summed E-state index contributed by atoms with van der Waals surface area (Å²) in [6, 6.07) is 18.6. The molecule has 0 atom stereocenters. The molecule has 2 aromatic heterocycles. The van der Waals surface area contributed by atoms with Crippen molar-refractivity contribution in [1.82, 2.24) is 19.6 Å². The molecule has 0 spiro atoms. The lowest BCUT2D eigenvalue weighted by molar-refractivity contribution is 0.893. The van der Waals surface area contributed by atoms with E-state index in [9.17, 15) is 0 Å². The molecule has 2 heterocycles. The molecular weight excluding hydrogens is 322 g/mol. The number of rotatable bonds is 4. The van der Waals surface area contributed by atoms with Crippen LogP contribution in [0.2, 0.25) is 0 Å². The van der Waals surface area contributed by atoms with Gasteiger partial charge < -0.3 is 5.32 Å². The van der Waals surface area contributed by atoms with E-state index in [0.29, 0.717) is 12.2 Å². The van der Waals surface area contributed by atoms with Crippen LogP contribution in [0, 0.1) is 20.8 Å². The molecule has 5 heteroatoms. The van der Waals surface area contributed by atoms with Crippen LogP contribution in [0.5, 0.6) is 0 Å². The lowest BCUT2D eigenvalue weighted by atomic mass is 10.1. The second-order valence-electron chi connectivity index (χ2n) is 6.63. The monoisotopic (exact) mass is 343 g/mol. The molecule has 1 N–H and O–H groups in total. The molecule has 0 radical (unpaired) electrons. The summed E-state index contributed by atoms with van der Waals surface area (Å²) in [5, 5.41) is 8.15. The molecule has 0 saturated heterocycles. The summed E-state index contributed by atoms with van der Waals surface area (Å²) in [5.74, 6) is 2.24. The predicted molar refractivity (Wildman–Crippen MR) is 104 cm³/mol. The van der Waals surface area contributed by atoms with Gasteiger partial charge in [0.1, 0.15) is 5.82 Å². The molecule has 26 heavy (non-hydrogen) atoms. The van der Waals surface area contributed by atoms with Crippen LogP contribution >= 0.6 is 0 Å². The summed E-state index contributed by atoms with van der Waals surface area (Å²) in [6.45, 7) is 6.17. The topological polar surface area (TPSA) is 55.1 Å². The minimum atomic E-state index is 0.614. The number of aryl methyl sites for hydroxylation is 3. The molecule has 130 valence electrons. The molecule has 4 aromatic rings. The fourth-order valence-corrected chi connectivity index (χ4v) is 3.06. The number of benzene rings is 2. The van der Waals surface area contributed by atoms with Crippen LogP contribution in [-0.2, 0) is 6.42 Å². The van der Waals surface area contributed by atoms with E-state index in [1.165, 1.54) is 16.7 Å². The zero-order valence-corrected chi connectivity index (χ0v) is 15.2. The highest BCUT2D eigenvalue weighted by atomic mass is 15.4. The Labute approximate surface area is 152 Å². The van der Waals surface area contributed by atoms with Gasteiger partial charge in [-0.25, -0.2) is 4.98 Å². The second kappa shape index (κ2) is 6.59. The maximum atomic E-state index is 4.67. The Kier molecular flexibility index (Phi) is 4.13. The van der Waals surface area contributed by atoms with Crippen molar-refractivity contribution < 1.29 is 0 Å². The molecule has 0 amide bonds. The van der Waals surface area contributed by atoms with E-state index in [4.69, 9.17) is 0 Å². The van der Waals surface area contributed by atoms with Crippen molar-refractivity contribution in [2.24, 2.45) is 0 Å². The fraction of sp³-hybridized carbons (Fsp3) is 0.190. The third-order valence-electron chi connectivity index (χ3n) is 4.33. The van der Waals surface area contributed by atoms with Crippen LogP contribution in [0.15, 0.2) is 54.6 Å². The zero-order chi connectivity index (χ0) is 18.1. The van der Waals surface area contributed by atoms with Gasteiger partial charge >= 0.3 is 0 Å². The van der Waals surface area contributed by atoms with Crippen molar-refractivity contribution in [2.45, 2.75) is 27.2 Å². The second-order valence-corrected chi connectivity index (χ2v) is 6.63. The Bertz CT molecular complexity index is 1070. The van der Waals surface area contributed by atoms with E-state index in [2.05, 4.69) is 64.6 Å². The van der Waals surface area contributed by atoms with Crippen LogP contribution in [0.3, 0.4) is 0 Å². The maximum Gasteiger partial charge on any atom is 0.254 e. The summed E-state index contributed by atoms with van der Waals surface area (Å²) in [5.41, 5.74) is 5.59. The van der Waals surface area contributed by atoms with Crippen LogP contribution < -0.4 is 5.32 Å². The molecule has 0 aliphatic heterocycles. The van der Waals surface area contributed by atoms with Gasteiger partial charge in [-0.1, -0.05) is 48.0 Å². The highest BCUT2D eigenvalue weighted by Gasteiger charge is 2.11. The molecular formula is C21H21N5. The van der Waals surface area contributed by atoms with Crippen molar-refractivity contribution in [2.75, 3.05) is 5.32 Å². The quantitative estimate of drug-likeness (QED) is 0.597. The third kappa shape index (κ3) is 3.28. The largest absolute Gasteiger partial charge is 0.340 e. The van der Waals surface area contributed by atoms with E-state index in [1.807, 2.05) is 31.2 Å². The highest BCUT2D eigenvalue weighted by molar-refractivity contribution is 5.62. The van der Waals surface area contributed by atoms with E-state index in [1.54, 1.807) is 4.52 Å². The third-order valence-corrected chi connectivity index (χ3v) is 4.33. The van der Waals surface area contributed by atoms with Gasteiger partial charge in [0.05, 0.1) is 0 Å². The maximum absolute atomic E-state index is 4.67. The average molecular weight is 343 g/mol. The zero-order valence-electron chi connectivity index (χ0n) is 15.2. The smallest absolute Gasteiger partial charge is 0.254 e. The first-order valence-electron chi connectivity index (χ1n) is 8.70. The number of anilines is 2. The lowest BCUT2D eigenvalue weighted by Gasteiger charge is -2.11. The normalized spacial score (nSPS) is 11.0. The van der Waals surface area contributed by atoms with Crippen molar-refractivity contribution in [3.63, 3.8) is 0 Å². The van der Waals surface area contributed by atoms with E-state index < -0.39 is 0 Å². The van der Waals surface area contributed by atoms with Crippen LogP contribution in [-0.4, -0.2) is 19.6 Å². The van der Waals surface area contributed by atoms with Gasteiger partial charge in [0.25, 0.3) is 5.78 Å². The number of fused-ring (bicyclic) bond motifs is 1. The molecule has 4 rings (SSSR count). The molecule has 0 unspecified atom stereocenters. The minimum Gasteiger partial charge on any atom is -0.340 e. The first kappa shape index (κ1) is 16.3. The van der Waals surface area contributed by atoms with Gasteiger partial charge in [0.2, 0.25) is 0 Å². The predicted octanol–water partition coefficient (Wildman–Crippen LogP) is 4.38. The Hall–Kier alpha value is -3.21. The van der Waals surface area contributed by atoms with Crippen molar-refractivity contribution >= 4 is 17.3 Å². The summed E-state index contributed by atoms with van der Waals surface area (Å²) in [7, 11) is 0. The standard InChI is InChI=1S/C21H21N5/c1-14-9-10-18(15(2)11-14)23-20-12-16(3)22-21-24-19(25-26(20)21)13-17-7-5-4-6-8-17/h4-12,23H,13H2,1-3H3. The van der Waals surface area contributed by atoms with Crippen molar-refractivity contribution in [3.8, 4) is 0 Å². The van der Waals surface area contributed by atoms with Crippen LogP contribution in [0.25, 0.3) is 5.78 Å². The molecule has 0 fully saturated rings. The summed E-state index contributed by atoms with van der Waals surface area (Å²) in [6.07, 6.45) is 0.687. The van der Waals surface area contributed by atoms with E-state index in [0.717, 1.165) is 23.0 Å². The minimum absolute atomic E-state index is 0.614. The summed E-state index contributed by atoms with van der Waals surface area (Å²) < 4.78 is 1.78. The molecule has 0 bridgehead atoms. The average Bonchev–Trinajstić information content (AvgIpc) is 3.00. The number of hydrogen-bond acceptors (Lipinski definition) is 4. The number of nitrogens with zero attached hydrogens (tertiary/aromatic N) is 4. The molecule has 5 nitrogen and oxygen atoms in total. The number of aromatic nitrogens is 4. The molecule has 2 aromatic carbocycles.